The highest BCUT2D eigenvalue weighted by Crippen LogP contribution is 2.42. The molecule has 0 bridgehead atoms. The molecule has 170 valence electrons. The molecule has 0 radical (unpaired) electrons. The van der Waals surface area contributed by atoms with E-state index in [2.05, 4.69) is 15.3 Å². The fraction of sp³-hybridized carbons (Fsp3) is 0.0870. The number of phenols is 1. The third-order valence-corrected chi connectivity index (χ3v) is 4.93. The summed E-state index contributed by atoms with van der Waals surface area (Å²) in [6.07, 6.45) is -0.843. The fourth-order valence-electron chi connectivity index (χ4n) is 3.54. The van der Waals surface area contributed by atoms with Gasteiger partial charge < -0.3 is 19.4 Å². The van der Waals surface area contributed by atoms with Gasteiger partial charge >= 0.3 is 12.1 Å². The number of phenolic OH excluding ortho intramolecular Hbond substituents is 1. The van der Waals surface area contributed by atoms with Crippen LogP contribution in [0.25, 0.3) is 43.9 Å². The summed E-state index contributed by atoms with van der Waals surface area (Å²) in [5, 5.41) is 26.0. The van der Waals surface area contributed by atoms with E-state index in [1.165, 1.54) is 42.5 Å². The molecule has 0 saturated heterocycles. The number of carboxylic acid groups (broad SMARTS) is 1. The van der Waals surface area contributed by atoms with Crippen molar-refractivity contribution >= 4 is 28.7 Å². The molecule has 0 spiro atoms. The summed E-state index contributed by atoms with van der Waals surface area (Å²) in [6.45, 7) is -0.178. The predicted octanol–water partition coefficient (Wildman–Crippen LogP) is 4.83. The number of carboxylic acids is 1. The molecule has 0 fully saturated rings. The van der Waals surface area contributed by atoms with Gasteiger partial charge in [0.2, 0.25) is 0 Å². The number of aromatic carboxylic acids is 1. The lowest BCUT2D eigenvalue weighted by Gasteiger charge is -2.17. The van der Waals surface area contributed by atoms with E-state index in [0.717, 1.165) is 0 Å². The minimum absolute atomic E-state index is 0.0386. The molecule has 0 aromatic heterocycles. The van der Waals surface area contributed by atoms with Crippen molar-refractivity contribution < 1.29 is 29.0 Å². The number of hydrogen-bond acceptors (Lipinski definition) is 7. The van der Waals surface area contributed by atoms with Gasteiger partial charge in [-0.1, -0.05) is 11.2 Å². The minimum Gasteiger partial charge on any atom is -0.508 e. The van der Waals surface area contributed by atoms with Crippen LogP contribution in [0.4, 0.5) is 10.5 Å². The fourth-order valence-corrected chi connectivity index (χ4v) is 3.54. The first-order valence-electron chi connectivity index (χ1n) is 9.89. The van der Waals surface area contributed by atoms with Gasteiger partial charge in [-0.25, -0.2) is 9.59 Å². The maximum Gasteiger partial charge on any atom is 0.411 e. The summed E-state index contributed by atoms with van der Waals surface area (Å²) in [4.78, 5) is 38.5. The van der Waals surface area contributed by atoms with Crippen molar-refractivity contribution in [3.05, 3.63) is 80.8 Å². The zero-order valence-corrected chi connectivity index (χ0v) is 17.4. The molecule has 3 N–H and O–H groups in total. The van der Waals surface area contributed by atoms with Crippen LogP contribution in [0.5, 0.6) is 5.75 Å². The third kappa shape index (κ3) is 4.45. The summed E-state index contributed by atoms with van der Waals surface area (Å²) in [7, 11) is 0. The molecule has 4 rings (SSSR count). The Morgan fingerprint density at radius 3 is 2.65 bits per heavy atom. The maximum atomic E-state index is 12.2. The van der Waals surface area contributed by atoms with Crippen molar-refractivity contribution in [3.8, 4) is 28.2 Å². The second-order valence-electron chi connectivity index (χ2n) is 7.10. The van der Waals surface area contributed by atoms with Crippen LogP contribution in [0.3, 0.4) is 0 Å². The van der Waals surface area contributed by atoms with Crippen molar-refractivity contribution in [2.45, 2.75) is 0 Å². The van der Waals surface area contributed by atoms with E-state index >= 15 is 0 Å². The predicted molar refractivity (Wildman–Crippen MR) is 122 cm³/mol. The molecule has 1 amide bonds. The second kappa shape index (κ2) is 9.23. The number of rotatable bonds is 6. The molecule has 1 aliphatic carbocycles. The molecule has 2 aromatic carbocycles. The summed E-state index contributed by atoms with van der Waals surface area (Å²) in [5.41, 5.74) is 9.55. The van der Waals surface area contributed by atoms with Gasteiger partial charge in [0.15, 0.2) is 5.43 Å². The van der Waals surface area contributed by atoms with Crippen LogP contribution >= 0.6 is 0 Å². The van der Waals surface area contributed by atoms with Crippen molar-refractivity contribution in [3.63, 3.8) is 0 Å². The minimum atomic E-state index is -1.25. The number of benzene rings is 3. The van der Waals surface area contributed by atoms with E-state index in [4.69, 9.17) is 14.7 Å². The van der Waals surface area contributed by atoms with Gasteiger partial charge in [0, 0.05) is 39.2 Å². The molecular formula is C23H16N4O7. The lowest BCUT2D eigenvalue weighted by molar-refractivity contribution is 0.0697. The van der Waals surface area contributed by atoms with Crippen molar-refractivity contribution in [2.24, 2.45) is 5.11 Å². The Morgan fingerprint density at radius 2 is 1.88 bits per heavy atom. The first kappa shape index (κ1) is 22.2. The van der Waals surface area contributed by atoms with Gasteiger partial charge in [-0.2, -0.15) is 0 Å². The molecule has 0 saturated carbocycles. The number of nitrogens with one attached hydrogen (secondary N) is 1. The van der Waals surface area contributed by atoms with E-state index in [0.29, 0.717) is 22.1 Å². The molecule has 1 aliphatic heterocycles. The van der Waals surface area contributed by atoms with Crippen LogP contribution in [-0.2, 0) is 4.74 Å². The van der Waals surface area contributed by atoms with E-state index in [1.54, 1.807) is 12.1 Å². The zero-order chi connectivity index (χ0) is 24.2. The van der Waals surface area contributed by atoms with Gasteiger partial charge in [0.05, 0.1) is 18.7 Å². The van der Waals surface area contributed by atoms with Crippen molar-refractivity contribution in [1.82, 2.24) is 0 Å². The van der Waals surface area contributed by atoms with Crippen LogP contribution < -0.4 is 10.7 Å². The molecule has 11 heteroatoms. The van der Waals surface area contributed by atoms with E-state index in [-0.39, 0.29) is 46.9 Å². The molecule has 2 aromatic rings. The van der Waals surface area contributed by atoms with Gasteiger partial charge in [-0.15, -0.1) is 0 Å². The number of hydrogen-bond donors (Lipinski definition) is 3. The first-order chi connectivity index (χ1) is 16.4. The van der Waals surface area contributed by atoms with Gasteiger partial charge in [-0.05, 0) is 47.5 Å². The van der Waals surface area contributed by atoms with Crippen LogP contribution in [0.2, 0.25) is 0 Å². The average Bonchev–Trinajstić information content (AvgIpc) is 2.80. The molecular weight excluding hydrogens is 444 g/mol. The topological polar surface area (TPSA) is 175 Å². The highest BCUT2D eigenvalue weighted by atomic mass is 16.5. The third-order valence-electron chi connectivity index (χ3n) is 4.93. The number of amides is 1. The number of azide groups is 1. The van der Waals surface area contributed by atoms with Crippen LogP contribution in [-0.4, -0.2) is 35.4 Å². The summed E-state index contributed by atoms with van der Waals surface area (Å²) in [6, 6.07) is 12.9. The van der Waals surface area contributed by atoms with Crippen LogP contribution in [0.15, 0.2) is 68.9 Å². The highest BCUT2D eigenvalue weighted by molar-refractivity contribution is 6.08. The molecule has 1 heterocycles. The monoisotopic (exact) mass is 460 g/mol. The standard InChI is InChI=1S/C23H16N4O7/c24-27-25-7-8-33-23(32)26-12-1-4-15(18(9-12)22(30)31)21-16-5-2-13(28)10-19(16)34-20-11-14(29)3-6-17(20)21/h1-6,9-11,28H,7-8H2,(H,26,32)(H,30,31). The first-order valence-corrected chi connectivity index (χ1v) is 9.89. The Bertz CT molecular complexity index is 1510. The van der Waals surface area contributed by atoms with Crippen molar-refractivity contribution in [2.75, 3.05) is 18.5 Å². The highest BCUT2D eigenvalue weighted by Gasteiger charge is 2.22. The number of carbonyl (C=O) groups excluding carboxylic acids is 1. The normalized spacial score (nSPS) is 10.6. The quantitative estimate of drug-likeness (QED) is 0.121. The summed E-state index contributed by atoms with van der Waals surface area (Å²) < 4.78 is 10.7. The van der Waals surface area contributed by atoms with E-state index in [1.807, 2.05) is 0 Å². The van der Waals surface area contributed by atoms with E-state index < -0.39 is 12.1 Å². The molecule has 0 unspecified atom stereocenters. The van der Waals surface area contributed by atoms with Crippen LogP contribution in [0, 0.1) is 0 Å². The lowest BCUT2D eigenvalue weighted by atomic mass is 9.90. The molecule has 34 heavy (non-hydrogen) atoms. The number of aromatic hydroxyl groups is 1. The summed E-state index contributed by atoms with van der Waals surface area (Å²) in [5.74, 6) is -1.09. The number of carbonyl (C=O) groups is 2. The van der Waals surface area contributed by atoms with Gasteiger partial charge in [-0.3, -0.25) is 10.1 Å². The smallest absolute Gasteiger partial charge is 0.411 e. The Morgan fingerprint density at radius 1 is 1.09 bits per heavy atom. The van der Waals surface area contributed by atoms with Crippen molar-refractivity contribution in [1.29, 1.82) is 0 Å². The zero-order valence-electron chi connectivity index (χ0n) is 17.4. The molecule has 11 nitrogen and oxygen atoms in total. The number of anilines is 1. The van der Waals surface area contributed by atoms with Crippen LogP contribution in [0.1, 0.15) is 10.4 Å². The van der Waals surface area contributed by atoms with E-state index in [9.17, 15) is 24.6 Å². The second-order valence-corrected chi connectivity index (χ2v) is 7.10. The molecule has 0 atom stereocenters. The largest absolute Gasteiger partial charge is 0.508 e. The Balaban J connectivity index is 1.83. The number of ether oxygens (including phenoxy) is 1. The molecule has 2 aliphatic rings. The van der Waals surface area contributed by atoms with Gasteiger partial charge in [0.25, 0.3) is 0 Å². The number of fused-ring (bicyclic) bond motifs is 2. The lowest BCUT2D eigenvalue weighted by Crippen LogP contribution is -2.16. The van der Waals surface area contributed by atoms with Gasteiger partial charge in [0.1, 0.15) is 17.1 Å². The number of nitrogens with zero attached hydrogens (tertiary/aromatic N) is 3. The average molecular weight is 460 g/mol. The Labute approximate surface area is 190 Å². The Hall–Kier alpha value is -5.02. The maximum absolute atomic E-state index is 12.2. The Kier molecular flexibility index (Phi) is 6.02. The summed E-state index contributed by atoms with van der Waals surface area (Å²) >= 11 is 0. The SMILES string of the molecule is [N-]=[N+]=NCCOC(=O)Nc1ccc(-c2c3ccc(=O)cc-3oc3cc(O)ccc23)c(C(=O)O)c1.